The molecule has 108 valence electrons. The minimum atomic E-state index is 0.327. The number of para-hydroxylation sites is 1. The third-order valence-corrected chi connectivity index (χ3v) is 4.84. The summed E-state index contributed by atoms with van der Waals surface area (Å²) in [7, 11) is 0. The molecule has 1 fully saturated rings. The SMILES string of the molecule is C[C@@H]1CCC[C@H](C)N1C(=O)CC1CNc2ccccc21. The van der Waals surface area contributed by atoms with E-state index >= 15 is 0 Å². The van der Waals surface area contributed by atoms with Gasteiger partial charge in [-0.25, -0.2) is 0 Å². The van der Waals surface area contributed by atoms with Gasteiger partial charge < -0.3 is 10.2 Å². The molecule has 0 aromatic heterocycles. The fourth-order valence-corrected chi connectivity index (χ4v) is 3.77. The van der Waals surface area contributed by atoms with Gasteiger partial charge in [0.1, 0.15) is 0 Å². The number of anilines is 1. The van der Waals surface area contributed by atoms with Gasteiger partial charge in [-0.05, 0) is 44.7 Å². The number of benzene rings is 1. The molecule has 20 heavy (non-hydrogen) atoms. The van der Waals surface area contributed by atoms with Crippen LogP contribution < -0.4 is 5.32 Å². The lowest BCUT2D eigenvalue weighted by Crippen LogP contribution is -2.47. The van der Waals surface area contributed by atoms with E-state index in [1.807, 2.05) is 6.07 Å². The van der Waals surface area contributed by atoms with Gasteiger partial charge in [0, 0.05) is 36.7 Å². The Morgan fingerprint density at radius 3 is 2.70 bits per heavy atom. The van der Waals surface area contributed by atoms with Gasteiger partial charge in [0.2, 0.25) is 5.91 Å². The van der Waals surface area contributed by atoms with Crippen LogP contribution in [0.4, 0.5) is 5.69 Å². The molecule has 3 rings (SSSR count). The maximum atomic E-state index is 12.7. The number of rotatable bonds is 2. The van der Waals surface area contributed by atoms with Crippen molar-refractivity contribution in [2.75, 3.05) is 11.9 Å². The molecule has 3 atom stereocenters. The fraction of sp³-hybridized carbons (Fsp3) is 0.588. The molecule has 1 N–H and O–H groups in total. The van der Waals surface area contributed by atoms with E-state index in [2.05, 4.69) is 42.3 Å². The highest BCUT2D eigenvalue weighted by atomic mass is 16.2. The Balaban J connectivity index is 1.71. The second kappa shape index (κ2) is 5.47. The first-order valence-corrected chi connectivity index (χ1v) is 7.80. The zero-order valence-corrected chi connectivity index (χ0v) is 12.4. The fourth-order valence-electron chi connectivity index (χ4n) is 3.77. The summed E-state index contributed by atoms with van der Waals surface area (Å²) in [6.07, 6.45) is 4.18. The summed E-state index contributed by atoms with van der Waals surface area (Å²) in [5.74, 6) is 0.660. The zero-order valence-electron chi connectivity index (χ0n) is 12.4. The molecule has 2 heterocycles. The Bertz CT molecular complexity index is 490. The van der Waals surface area contributed by atoms with Gasteiger partial charge in [-0.3, -0.25) is 4.79 Å². The van der Waals surface area contributed by atoms with Gasteiger partial charge >= 0.3 is 0 Å². The van der Waals surface area contributed by atoms with E-state index in [1.54, 1.807) is 0 Å². The van der Waals surface area contributed by atoms with Gasteiger partial charge in [0.15, 0.2) is 0 Å². The summed E-state index contributed by atoms with van der Waals surface area (Å²) in [5, 5.41) is 3.41. The number of nitrogens with zero attached hydrogens (tertiary/aromatic N) is 1. The maximum Gasteiger partial charge on any atom is 0.223 e. The molecule has 2 aliphatic heterocycles. The first-order chi connectivity index (χ1) is 9.66. The van der Waals surface area contributed by atoms with Crippen molar-refractivity contribution in [1.82, 2.24) is 4.90 Å². The first kappa shape index (κ1) is 13.5. The molecule has 0 spiro atoms. The van der Waals surface area contributed by atoms with Crippen LogP contribution in [0.25, 0.3) is 0 Å². The van der Waals surface area contributed by atoms with Crippen molar-refractivity contribution in [3.8, 4) is 0 Å². The monoisotopic (exact) mass is 272 g/mol. The van der Waals surface area contributed by atoms with Crippen LogP contribution in [0.2, 0.25) is 0 Å². The molecule has 1 unspecified atom stereocenters. The number of nitrogens with one attached hydrogen (secondary N) is 1. The van der Waals surface area contributed by atoms with E-state index in [0.29, 0.717) is 30.3 Å². The van der Waals surface area contributed by atoms with Gasteiger partial charge in [-0.1, -0.05) is 18.2 Å². The smallest absolute Gasteiger partial charge is 0.223 e. The molecule has 1 aromatic rings. The zero-order chi connectivity index (χ0) is 14.1. The van der Waals surface area contributed by atoms with Crippen LogP contribution >= 0.6 is 0 Å². The van der Waals surface area contributed by atoms with Crippen LogP contribution in [0.5, 0.6) is 0 Å². The number of carbonyl (C=O) groups excluding carboxylic acids is 1. The molecular formula is C17H24N2O. The van der Waals surface area contributed by atoms with Crippen molar-refractivity contribution in [2.45, 2.75) is 57.5 Å². The standard InChI is InChI=1S/C17H24N2O/c1-12-6-5-7-13(2)19(12)17(20)10-14-11-18-16-9-4-3-8-15(14)16/h3-4,8-9,12-14,18H,5-7,10-11H2,1-2H3/t12-,13+,14?. The third kappa shape index (κ3) is 2.41. The van der Waals surface area contributed by atoms with E-state index in [-0.39, 0.29) is 0 Å². The molecule has 3 heteroatoms. The Morgan fingerprint density at radius 2 is 1.95 bits per heavy atom. The van der Waals surface area contributed by atoms with Crippen LogP contribution in [0.15, 0.2) is 24.3 Å². The van der Waals surface area contributed by atoms with E-state index in [0.717, 1.165) is 19.4 Å². The molecule has 0 aliphatic carbocycles. The number of hydrogen-bond donors (Lipinski definition) is 1. The number of amides is 1. The molecule has 0 radical (unpaired) electrons. The Kier molecular flexibility index (Phi) is 3.68. The number of hydrogen-bond acceptors (Lipinski definition) is 2. The molecule has 1 saturated heterocycles. The molecule has 1 aromatic carbocycles. The average molecular weight is 272 g/mol. The van der Waals surface area contributed by atoms with E-state index < -0.39 is 0 Å². The Morgan fingerprint density at radius 1 is 1.25 bits per heavy atom. The second-order valence-corrected chi connectivity index (χ2v) is 6.30. The molecule has 0 bridgehead atoms. The molecule has 1 amide bonds. The predicted octanol–water partition coefficient (Wildman–Crippen LogP) is 3.38. The minimum absolute atomic E-state index is 0.327. The average Bonchev–Trinajstić information content (AvgIpc) is 2.82. The summed E-state index contributed by atoms with van der Waals surface area (Å²) in [4.78, 5) is 14.8. The number of fused-ring (bicyclic) bond motifs is 1. The van der Waals surface area contributed by atoms with Gasteiger partial charge in [-0.15, -0.1) is 0 Å². The Hall–Kier alpha value is -1.51. The third-order valence-electron chi connectivity index (χ3n) is 4.84. The second-order valence-electron chi connectivity index (χ2n) is 6.30. The van der Waals surface area contributed by atoms with Crippen LogP contribution in [-0.2, 0) is 4.79 Å². The minimum Gasteiger partial charge on any atom is -0.384 e. The van der Waals surface area contributed by atoms with Crippen LogP contribution in [0, 0.1) is 0 Å². The number of carbonyl (C=O) groups is 1. The van der Waals surface area contributed by atoms with Gasteiger partial charge in [0.25, 0.3) is 0 Å². The molecular weight excluding hydrogens is 248 g/mol. The largest absolute Gasteiger partial charge is 0.384 e. The molecule has 3 nitrogen and oxygen atoms in total. The quantitative estimate of drug-likeness (QED) is 0.895. The van der Waals surface area contributed by atoms with Crippen molar-refractivity contribution < 1.29 is 4.79 Å². The summed E-state index contributed by atoms with van der Waals surface area (Å²) in [5.41, 5.74) is 2.50. The van der Waals surface area contributed by atoms with Crippen molar-refractivity contribution in [3.63, 3.8) is 0 Å². The highest BCUT2D eigenvalue weighted by Crippen LogP contribution is 2.34. The lowest BCUT2D eigenvalue weighted by atomic mass is 9.93. The first-order valence-electron chi connectivity index (χ1n) is 7.80. The van der Waals surface area contributed by atoms with Crippen molar-refractivity contribution >= 4 is 11.6 Å². The van der Waals surface area contributed by atoms with Crippen molar-refractivity contribution in [2.24, 2.45) is 0 Å². The highest BCUT2D eigenvalue weighted by molar-refractivity contribution is 5.79. The molecule has 2 aliphatic rings. The number of likely N-dealkylation sites (tertiary alicyclic amines) is 1. The summed E-state index contributed by atoms with van der Waals surface area (Å²) < 4.78 is 0. The number of piperidine rings is 1. The lowest BCUT2D eigenvalue weighted by Gasteiger charge is -2.39. The topological polar surface area (TPSA) is 32.3 Å². The van der Waals surface area contributed by atoms with Gasteiger partial charge in [0.05, 0.1) is 0 Å². The van der Waals surface area contributed by atoms with Crippen LogP contribution in [-0.4, -0.2) is 29.4 Å². The molecule has 0 saturated carbocycles. The normalized spacial score (nSPS) is 28.9. The van der Waals surface area contributed by atoms with Gasteiger partial charge in [-0.2, -0.15) is 0 Å². The lowest BCUT2D eigenvalue weighted by molar-refractivity contribution is -0.137. The van der Waals surface area contributed by atoms with Crippen LogP contribution in [0.1, 0.15) is 51.0 Å². The summed E-state index contributed by atoms with van der Waals surface area (Å²) in [6.45, 7) is 5.27. The summed E-state index contributed by atoms with van der Waals surface area (Å²) in [6, 6.07) is 9.16. The predicted molar refractivity (Wildman–Crippen MR) is 81.9 cm³/mol. The van der Waals surface area contributed by atoms with E-state index in [1.165, 1.54) is 17.7 Å². The van der Waals surface area contributed by atoms with Crippen molar-refractivity contribution in [1.29, 1.82) is 0 Å². The Labute approximate surface area is 121 Å². The highest BCUT2D eigenvalue weighted by Gasteiger charge is 2.32. The maximum absolute atomic E-state index is 12.7. The van der Waals surface area contributed by atoms with E-state index in [9.17, 15) is 4.79 Å². The summed E-state index contributed by atoms with van der Waals surface area (Å²) >= 11 is 0. The van der Waals surface area contributed by atoms with Crippen LogP contribution in [0.3, 0.4) is 0 Å². The van der Waals surface area contributed by atoms with Crippen molar-refractivity contribution in [3.05, 3.63) is 29.8 Å². The van der Waals surface area contributed by atoms with E-state index in [4.69, 9.17) is 0 Å².